The van der Waals surface area contributed by atoms with Crippen LogP contribution in [0.15, 0.2) is 135 Å². The van der Waals surface area contributed by atoms with E-state index in [-0.39, 0.29) is 42.6 Å². The molecule has 4 aromatic heterocycles. The van der Waals surface area contributed by atoms with Gasteiger partial charge >= 0.3 is 6.09 Å². The summed E-state index contributed by atoms with van der Waals surface area (Å²) in [5.41, 5.74) is 16.8. The number of ether oxygens (including phenoxy) is 1. The standard InChI is InChI=1S/C23H28N2O3.C20H25NO.C16H25NO.C12H18N2O/c1-17(2)20-13-19(14-24-15-20)10-11-22(26)21-9-6-12-25(21)23(27)28-16-18-7-4-3-5-8-18;1-15(2)19-12-18(13-21-14-19)9-10-20(22)16(3)11-17-7-5-4-6-8-17;1-11(2)13(5)16(18)7-6-14-8-15(12(3)4)10-17-9-14;1-9(2)11-5-10(7-14-8-11)3-4-12(15)6-13/h3-5,7-8,13-15,17,21H,6,9-12,16H2,1-2H3;4-8,12-16H,9-11H2,1-3H3;8-13H,6-7H2,1-5H3;5,7-9H,3-4,6,13H2,1-2H3/t21-;16-;13-;/m000./s1. The Labute approximate surface area is 497 Å². The van der Waals surface area contributed by atoms with Crippen LogP contribution in [0.5, 0.6) is 0 Å². The van der Waals surface area contributed by atoms with Gasteiger partial charge in [0.1, 0.15) is 24.0 Å². The summed E-state index contributed by atoms with van der Waals surface area (Å²) in [7, 11) is 0. The fraction of sp³-hybridized carbons (Fsp3) is 0.479. The van der Waals surface area contributed by atoms with Gasteiger partial charge in [0.2, 0.25) is 0 Å². The van der Waals surface area contributed by atoms with E-state index in [4.69, 9.17) is 10.5 Å². The molecule has 5 heterocycles. The van der Waals surface area contributed by atoms with Crippen molar-refractivity contribution in [3.05, 3.63) is 190 Å². The normalized spacial score (nSPS) is 13.6. The largest absolute Gasteiger partial charge is 0.445 e. The van der Waals surface area contributed by atoms with Crippen LogP contribution in [0.3, 0.4) is 0 Å². The van der Waals surface area contributed by atoms with Crippen molar-refractivity contribution in [3.63, 3.8) is 0 Å². The molecule has 7 rings (SSSR count). The average molecular weight is 1130 g/mol. The van der Waals surface area contributed by atoms with Gasteiger partial charge in [-0.1, -0.05) is 168 Å². The second kappa shape index (κ2) is 36.5. The van der Waals surface area contributed by atoms with E-state index in [0.717, 1.165) is 54.4 Å². The second-order valence-corrected chi connectivity index (χ2v) is 23.8. The van der Waals surface area contributed by atoms with Crippen LogP contribution in [0.2, 0.25) is 0 Å². The molecule has 12 nitrogen and oxygen atoms in total. The van der Waals surface area contributed by atoms with E-state index in [2.05, 4.69) is 126 Å². The Kier molecular flexibility index (Phi) is 30.1. The highest BCUT2D eigenvalue weighted by molar-refractivity contribution is 5.88. The summed E-state index contributed by atoms with van der Waals surface area (Å²) in [4.78, 5) is 79.1. The molecule has 0 spiro atoms. The van der Waals surface area contributed by atoms with E-state index < -0.39 is 6.09 Å². The van der Waals surface area contributed by atoms with Crippen molar-refractivity contribution in [1.29, 1.82) is 0 Å². The number of ketones is 4. The SMILES string of the molecule is CC(C)c1cncc(CCC(=O)CN)c1.CC(C)c1cncc(CCC(=O)[C@@H](C)C(C)C)c1.CC(C)c1cncc(CCC(=O)[C@@H](C)Cc2ccccc2)c1.CC(C)c1cncc(CCC(=O)[C@@H]2CCCN2C(=O)OCc2ccccc2)c1. The van der Waals surface area contributed by atoms with E-state index in [0.29, 0.717) is 86.2 Å². The zero-order chi connectivity index (χ0) is 60.8. The van der Waals surface area contributed by atoms with Crippen LogP contribution in [-0.4, -0.2) is 73.2 Å². The highest BCUT2D eigenvalue weighted by Crippen LogP contribution is 2.24. The first-order valence-electron chi connectivity index (χ1n) is 30.2. The molecule has 0 unspecified atom stereocenters. The Balaban J connectivity index is 0.000000244. The predicted octanol–water partition coefficient (Wildman–Crippen LogP) is 14.8. The molecule has 83 heavy (non-hydrogen) atoms. The molecule has 0 saturated carbocycles. The molecule has 0 radical (unpaired) electrons. The molecular formula is C71H96N6O6. The van der Waals surface area contributed by atoms with Crippen LogP contribution in [0.4, 0.5) is 4.79 Å². The molecule has 12 heteroatoms. The Morgan fingerprint density at radius 2 is 0.904 bits per heavy atom. The Morgan fingerprint density at radius 3 is 1.31 bits per heavy atom. The van der Waals surface area contributed by atoms with Gasteiger partial charge in [0.05, 0.1) is 12.6 Å². The average Bonchev–Trinajstić information content (AvgIpc) is 4.12. The molecule has 1 amide bonds. The van der Waals surface area contributed by atoms with Crippen molar-refractivity contribution in [2.24, 2.45) is 23.5 Å². The molecule has 2 N–H and O–H groups in total. The number of nitrogens with two attached hydrogens (primary N) is 1. The van der Waals surface area contributed by atoms with Gasteiger partial charge in [-0.05, 0) is 130 Å². The number of rotatable bonds is 25. The van der Waals surface area contributed by atoms with Crippen LogP contribution in [0, 0.1) is 17.8 Å². The van der Waals surface area contributed by atoms with Gasteiger partial charge in [0.15, 0.2) is 5.78 Å². The van der Waals surface area contributed by atoms with E-state index in [1.54, 1.807) is 4.90 Å². The number of amides is 1. The predicted molar refractivity (Wildman–Crippen MR) is 335 cm³/mol. The zero-order valence-corrected chi connectivity index (χ0v) is 52.0. The number of hydrogen-bond acceptors (Lipinski definition) is 11. The van der Waals surface area contributed by atoms with Crippen LogP contribution in [0.25, 0.3) is 0 Å². The Hall–Kier alpha value is -7.05. The van der Waals surface area contributed by atoms with Crippen molar-refractivity contribution in [3.8, 4) is 0 Å². The van der Waals surface area contributed by atoms with Gasteiger partial charge in [-0.25, -0.2) is 4.79 Å². The van der Waals surface area contributed by atoms with Gasteiger partial charge in [-0.2, -0.15) is 0 Å². The first-order chi connectivity index (χ1) is 39.6. The third-order valence-electron chi connectivity index (χ3n) is 15.3. The number of benzene rings is 2. The van der Waals surface area contributed by atoms with Gasteiger partial charge in [0.25, 0.3) is 0 Å². The third kappa shape index (κ3) is 25.1. The first kappa shape index (κ1) is 68.4. The number of Topliss-reactive ketones (excluding diaryl/α,β-unsaturated/α-hetero) is 4. The van der Waals surface area contributed by atoms with E-state index in [1.807, 2.05) is 112 Å². The number of aryl methyl sites for hydroxylation is 4. The van der Waals surface area contributed by atoms with Gasteiger partial charge < -0.3 is 10.5 Å². The molecule has 0 aliphatic carbocycles. The molecule has 446 valence electrons. The number of pyridine rings is 4. The van der Waals surface area contributed by atoms with Gasteiger partial charge in [-0.15, -0.1) is 0 Å². The number of hydrogen-bond donors (Lipinski definition) is 1. The number of likely N-dealkylation sites (tertiary alicyclic amines) is 1. The molecule has 6 aromatic rings. The molecular weight excluding hydrogens is 1030 g/mol. The lowest BCUT2D eigenvalue weighted by molar-refractivity contribution is -0.124. The summed E-state index contributed by atoms with van der Waals surface area (Å²) in [6.45, 7) is 26.4. The van der Waals surface area contributed by atoms with Gasteiger partial charge in [0, 0.05) is 93.6 Å². The van der Waals surface area contributed by atoms with E-state index >= 15 is 0 Å². The number of carbonyl (C=O) groups is 5. The fourth-order valence-electron chi connectivity index (χ4n) is 9.25. The second-order valence-electron chi connectivity index (χ2n) is 23.8. The van der Waals surface area contributed by atoms with Crippen molar-refractivity contribution in [2.75, 3.05) is 13.1 Å². The van der Waals surface area contributed by atoms with Crippen LogP contribution in [-0.2, 0) is 62.6 Å². The fourth-order valence-corrected chi connectivity index (χ4v) is 9.25. The Morgan fingerprint density at radius 1 is 0.506 bits per heavy atom. The lowest BCUT2D eigenvalue weighted by Crippen LogP contribution is -2.40. The lowest BCUT2D eigenvalue weighted by Gasteiger charge is -2.23. The molecule has 0 bridgehead atoms. The van der Waals surface area contributed by atoms with Crippen molar-refractivity contribution >= 4 is 29.2 Å². The van der Waals surface area contributed by atoms with Crippen molar-refractivity contribution < 1.29 is 28.7 Å². The summed E-state index contributed by atoms with van der Waals surface area (Å²) < 4.78 is 5.42. The third-order valence-corrected chi connectivity index (χ3v) is 15.3. The van der Waals surface area contributed by atoms with Crippen molar-refractivity contribution in [1.82, 2.24) is 24.8 Å². The summed E-state index contributed by atoms with van der Waals surface area (Å²) in [5, 5.41) is 0. The molecule has 1 saturated heterocycles. The summed E-state index contributed by atoms with van der Waals surface area (Å²) in [6, 6.07) is 28.0. The topological polar surface area (TPSA) is 175 Å². The van der Waals surface area contributed by atoms with Crippen LogP contribution < -0.4 is 5.73 Å². The van der Waals surface area contributed by atoms with Crippen LogP contribution >= 0.6 is 0 Å². The van der Waals surface area contributed by atoms with E-state index in [9.17, 15) is 24.0 Å². The zero-order valence-electron chi connectivity index (χ0n) is 52.0. The highest BCUT2D eigenvalue weighted by atomic mass is 16.6. The maximum Gasteiger partial charge on any atom is 0.410 e. The monoisotopic (exact) mass is 1130 g/mol. The first-order valence-corrected chi connectivity index (χ1v) is 30.2. The minimum Gasteiger partial charge on any atom is -0.445 e. The molecule has 1 fully saturated rings. The molecule has 1 aliphatic heterocycles. The summed E-state index contributed by atoms with van der Waals surface area (Å²) in [6.07, 6.45) is 22.1. The van der Waals surface area contributed by atoms with Crippen molar-refractivity contribution in [2.45, 2.75) is 190 Å². The highest BCUT2D eigenvalue weighted by Gasteiger charge is 2.34. The molecule has 1 aliphatic rings. The van der Waals surface area contributed by atoms with Gasteiger partial charge in [-0.3, -0.25) is 44.0 Å². The maximum absolute atomic E-state index is 12.8. The minimum absolute atomic E-state index is 0.0728. The van der Waals surface area contributed by atoms with E-state index in [1.165, 1.54) is 33.4 Å². The number of nitrogens with zero attached hydrogens (tertiary/aromatic N) is 5. The maximum atomic E-state index is 12.8. The summed E-state index contributed by atoms with van der Waals surface area (Å²) in [5.74, 6) is 3.40. The molecule has 2 aromatic carbocycles. The Bertz CT molecular complexity index is 2900. The summed E-state index contributed by atoms with van der Waals surface area (Å²) >= 11 is 0. The van der Waals surface area contributed by atoms with Crippen LogP contribution in [0.1, 0.15) is 201 Å². The number of carbonyl (C=O) groups excluding carboxylic acids is 5. The smallest absolute Gasteiger partial charge is 0.410 e. The quantitative estimate of drug-likeness (QED) is 0.0577. The lowest BCUT2D eigenvalue weighted by atomic mass is 9.90. The number of aromatic nitrogens is 4. The minimum atomic E-state index is -0.400. The molecule has 3 atom stereocenters.